The molecule has 3 nitrogen and oxygen atoms in total. The molecule has 2 rings (SSSR count). The number of benzene rings is 2. The first-order valence-electron chi connectivity index (χ1n) is 6.04. The molecule has 2 aromatic carbocycles. The van der Waals surface area contributed by atoms with Crippen molar-refractivity contribution in [3.63, 3.8) is 0 Å². The molecule has 0 spiro atoms. The summed E-state index contributed by atoms with van der Waals surface area (Å²) in [6.07, 6.45) is 0. The Morgan fingerprint density at radius 3 is 2.60 bits per heavy atom. The van der Waals surface area contributed by atoms with E-state index in [2.05, 4.69) is 53.1 Å². The second-order valence-electron chi connectivity index (χ2n) is 4.50. The minimum Gasteiger partial charge on any atom is -0.409 e. The van der Waals surface area contributed by atoms with E-state index in [4.69, 9.17) is 10.9 Å². The summed E-state index contributed by atoms with van der Waals surface area (Å²) in [6.45, 7) is 4.18. The van der Waals surface area contributed by atoms with Crippen LogP contribution < -0.4 is 5.73 Å². The van der Waals surface area contributed by atoms with Gasteiger partial charge in [-0.15, -0.1) is 0 Å². The molecular weight excluding hydrogens is 336 g/mol. The highest BCUT2D eigenvalue weighted by atomic mass is 79.9. The van der Waals surface area contributed by atoms with Gasteiger partial charge in [0, 0.05) is 19.8 Å². The van der Waals surface area contributed by atoms with Crippen LogP contribution in [0.2, 0.25) is 0 Å². The average Bonchev–Trinajstić information content (AvgIpc) is 2.42. The molecule has 0 aliphatic heterocycles. The number of nitrogens with zero attached hydrogens (tertiary/aromatic N) is 1. The van der Waals surface area contributed by atoms with Gasteiger partial charge in [-0.3, -0.25) is 0 Å². The van der Waals surface area contributed by atoms with Crippen molar-refractivity contribution in [2.45, 2.75) is 23.6 Å². The minimum atomic E-state index is 0.0974. The fourth-order valence-corrected chi connectivity index (χ4v) is 3.54. The van der Waals surface area contributed by atoms with Crippen LogP contribution in [0.15, 0.2) is 55.8 Å². The van der Waals surface area contributed by atoms with E-state index in [1.54, 1.807) is 11.8 Å². The lowest BCUT2D eigenvalue weighted by atomic mass is 10.2. The van der Waals surface area contributed by atoms with Crippen LogP contribution in [-0.4, -0.2) is 11.0 Å². The Kier molecular flexibility index (Phi) is 4.73. The molecule has 0 aliphatic rings. The molecule has 0 heterocycles. The van der Waals surface area contributed by atoms with E-state index in [-0.39, 0.29) is 5.84 Å². The molecule has 0 aromatic heterocycles. The van der Waals surface area contributed by atoms with Crippen LogP contribution in [0.3, 0.4) is 0 Å². The molecule has 0 aliphatic carbocycles. The maximum atomic E-state index is 8.72. The van der Waals surface area contributed by atoms with Crippen molar-refractivity contribution in [2.24, 2.45) is 10.9 Å². The van der Waals surface area contributed by atoms with E-state index in [0.717, 1.165) is 9.37 Å². The van der Waals surface area contributed by atoms with Gasteiger partial charge in [0.15, 0.2) is 5.84 Å². The Labute approximate surface area is 131 Å². The molecule has 104 valence electrons. The Hall–Kier alpha value is -1.46. The van der Waals surface area contributed by atoms with Crippen LogP contribution in [0.4, 0.5) is 0 Å². The quantitative estimate of drug-likeness (QED) is 0.375. The summed E-state index contributed by atoms with van der Waals surface area (Å²) in [5, 5.41) is 11.7. The fraction of sp³-hybridized carbons (Fsp3) is 0.133. The SMILES string of the molecule is Cc1ccc(C)c(Sc2ccc(/C(N)=N/O)c(Br)c2)c1. The highest BCUT2D eigenvalue weighted by molar-refractivity contribution is 9.10. The van der Waals surface area contributed by atoms with E-state index < -0.39 is 0 Å². The number of amidine groups is 1. The van der Waals surface area contributed by atoms with Crippen LogP contribution in [0.1, 0.15) is 16.7 Å². The average molecular weight is 351 g/mol. The second-order valence-corrected chi connectivity index (χ2v) is 6.47. The molecular formula is C15H15BrN2OS. The highest BCUT2D eigenvalue weighted by Gasteiger charge is 2.08. The lowest BCUT2D eigenvalue weighted by molar-refractivity contribution is 0.318. The van der Waals surface area contributed by atoms with Crippen molar-refractivity contribution in [3.05, 3.63) is 57.6 Å². The van der Waals surface area contributed by atoms with E-state index in [1.165, 1.54) is 16.0 Å². The van der Waals surface area contributed by atoms with Crippen LogP contribution in [0.5, 0.6) is 0 Å². The van der Waals surface area contributed by atoms with Gasteiger partial charge in [-0.05, 0) is 65.2 Å². The van der Waals surface area contributed by atoms with Gasteiger partial charge < -0.3 is 10.9 Å². The Bertz CT molecular complexity index is 671. The van der Waals surface area contributed by atoms with E-state index in [9.17, 15) is 0 Å². The molecule has 0 amide bonds. The van der Waals surface area contributed by atoms with Crippen LogP contribution in [0, 0.1) is 13.8 Å². The Morgan fingerprint density at radius 2 is 1.95 bits per heavy atom. The van der Waals surface area contributed by atoms with E-state index in [1.807, 2.05) is 18.2 Å². The van der Waals surface area contributed by atoms with Crippen LogP contribution >= 0.6 is 27.7 Å². The molecule has 0 saturated carbocycles. The first kappa shape index (κ1) is 14.9. The molecule has 0 radical (unpaired) electrons. The third kappa shape index (κ3) is 3.35. The number of aryl methyl sites for hydroxylation is 2. The molecule has 2 aromatic rings. The summed E-state index contributed by atoms with van der Waals surface area (Å²) in [5.41, 5.74) is 8.77. The maximum Gasteiger partial charge on any atom is 0.171 e. The largest absolute Gasteiger partial charge is 0.409 e. The second kappa shape index (κ2) is 6.33. The van der Waals surface area contributed by atoms with Crippen LogP contribution in [-0.2, 0) is 0 Å². The summed E-state index contributed by atoms with van der Waals surface area (Å²) >= 11 is 5.15. The van der Waals surface area contributed by atoms with Crippen molar-refractivity contribution in [2.75, 3.05) is 0 Å². The van der Waals surface area contributed by atoms with Crippen molar-refractivity contribution in [3.8, 4) is 0 Å². The number of halogens is 1. The fourth-order valence-electron chi connectivity index (χ4n) is 1.77. The standard InChI is InChI=1S/C15H15BrN2OS/c1-9-3-4-10(2)14(7-9)20-11-5-6-12(13(16)8-11)15(17)18-19/h3-8,19H,1-2H3,(H2,17,18). The minimum absolute atomic E-state index is 0.0974. The van der Waals surface area contributed by atoms with Gasteiger partial charge >= 0.3 is 0 Å². The Balaban J connectivity index is 2.31. The number of nitrogens with two attached hydrogens (primary N) is 1. The van der Waals surface area contributed by atoms with Crippen molar-refractivity contribution < 1.29 is 5.21 Å². The monoisotopic (exact) mass is 350 g/mol. The predicted octanol–water partition coefficient (Wildman–Crippen LogP) is 4.31. The van der Waals surface area contributed by atoms with Gasteiger partial charge in [-0.25, -0.2) is 0 Å². The predicted molar refractivity (Wildman–Crippen MR) is 86.7 cm³/mol. The molecule has 0 fully saturated rings. The van der Waals surface area contributed by atoms with Gasteiger partial charge in [-0.2, -0.15) is 0 Å². The third-order valence-corrected chi connectivity index (χ3v) is 4.70. The maximum absolute atomic E-state index is 8.72. The first-order chi connectivity index (χ1) is 9.51. The first-order valence-corrected chi connectivity index (χ1v) is 7.65. The molecule has 0 unspecified atom stereocenters. The Morgan fingerprint density at radius 1 is 1.20 bits per heavy atom. The molecule has 20 heavy (non-hydrogen) atoms. The van der Waals surface area contributed by atoms with Crippen molar-refractivity contribution >= 4 is 33.5 Å². The zero-order valence-electron chi connectivity index (χ0n) is 11.2. The molecule has 5 heteroatoms. The lowest BCUT2D eigenvalue weighted by Crippen LogP contribution is -2.13. The van der Waals surface area contributed by atoms with E-state index >= 15 is 0 Å². The van der Waals surface area contributed by atoms with Gasteiger partial charge in [0.2, 0.25) is 0 Å². The number of hydrogen-bond acceptors (Lipinski definition) is 3. The topological polar surface area (TPSA) is 58.6 Å². The summed E-state index contributed by atoms with van der Waals surface area (Å²) in [5.74, 6) is 0.0974. The lowest BCUT2D eigenvalue weighted by Gasteiger charge is -2.09. The summed E-state index contributed by atoms with van der Waals surface area (Å²) in [6, 6.07) is 12.2. The summed E-state index contributed by atoms with van der Waals surface area (Å²) in [7, 11) is 0. The zero-order valence-corrected chi connectivity index (χ0v) is 13.6. The van der Waals surface area contributed by atoms with Crippen molar-refractivity contribution in [1.29, 1.82) is 0 Å². The molecule has 0 atom stereocenters. The highest BCUT2D eigenvalue weighted by Crippen LogP contribution is 2.33. The van der Waals surface area contributed by atoms with Gasteiger partial charge in [0.05, 0.1) is 0 Å². The van der Waals surface area contributed by atoms with E-state index in [0.29, 0.717) is 5.56 Å². The van der Waals surface area contributed by atoms with Gasteiger partial charge in [0.1, 0.15) is 0 Å². The van der Waals surface area contributed by atoms with Crippen molar-refractivity contribution in [1.82, 2.24) is 0 Å². The normalized spacial score (nSPS) is 11.7. The summed E-state index contributed by atoms with van der Waals surface area (Å²) < 4.78 is 0.808. The number of oxime groups is 1. The number of hydrogen-bond donors (Lipinski definition) is 2. The molecule has 0 saturated heterocycles. The molecule has 3 N–H and O–H groups in total. The number of rotatable bonds is 3. The summed E-state index contributed by atoms with van der Waals surface area (Å²) in [4.78, 5) is 2.33. The van der Waals surface area contributed by atoms with Gasteiger partial charge in [-0.1, -0.05) is 29.1 Å². The van der Waals surface area contributed by atoms with Crippen LogP contribution in [0.25, 0.3) is 0 Å². The smallest absolute Gasteiger partial charge is 0.171 e. The molecule has 0 bridgehead atoms. The zero-order chi connectivity index (χ0) is 14.7. The third-order valence-electron chi connectivity index (χ3n) is 2.90. The van der Waals surface area contributed by atoms with Gasteiger partial charge in [0.25, 0.3) is 0 Å².